The highest BCUT2D eigenvalue weighted by molar-refractivity contribution is 5.81. The van der Waals surface area contributed by atoms with Gasteiger partial charge in [0.2, 0.25) is 5.55 Å². The number of aryl methyl sites for hydroxylation is 1. The van der Waals surface area contributed by atoms with Crippen LogP contribution in [0.3, 0.4) is 0 Å². The number of fused-ring (bicyclic) bond motifs is 1. The summed E-state index contributed by atoms with van der Waals surface area (Å²) >= 11 is 0. The lowest BCUT2D eigenvalue weighted by atomic mass is 9.90. The van der Waals surface area contributed by atoms with E-state index in [9.17, 15) is 0 Å². The Morgan fingerprint density at radius 2 is 2.00 bits per heavy atom. The van der Waals surface area contributed by atoms with Crippen molar-refractivity contribution in [2.45, 2.75) is 19.3 Å². The third-order valence-corrected chi connectivity index (χ3v) is 3.50. The normalized spacial score (nSPS) is 15.7. The van der Waals surface area contributed by atoms with E-state index >= 15 is 0 Å². The van der Waals surface area contributed by atoms with Gasteiger partial charge in [-0.3, -0.25) is 5.41 Å². The number of benzene rings is 1. The van der Waals surface area contributed by atoms with Gasteiger partial charge in [-0.05, 0) is 48.1 Å². The minimum Gasteiger partial charge on any atom is -0.438 e. The van der Waals surface area contributed by atoms with Crippen molar-refractivity contribution in [1.29, 1.82) is 10.7 Å². The quantitative estimate of drug-likeness (QED) is 0.854. The predicted octanol–water partition coefficient (Wildman–Crippen LogP) is 3.51. The molecule has 0 aliphatic heterocycles. The number of allylic oxidation sites excluding steroid dienone is 1. The van der Waals surface area contributed by atoms with Gasteiger partial charge >= 0.3 is 0 Å². The van der Waals surface area contributed by atoms with Gasteiger partial charge in [-0.25, -0.2) is 0 Å². The van der Waals surface area contributed by atoms with Crippen LogP contribution in [0.5, 0.6) is 0 Å². The standard InChI is InChI=1S/C17H14N2O/c18-11-15-10-14-8-4-7-13(16(14)20-17(15)19)9-12-5-2-1-3-6-12/h1-3,5-6,9-10,19H,4,7-8H2. The largest absolute Gasteiger partial charge is 0.438 e. The van der Waals surface area contributed by atoms with Gasteiger partial charge in [0.05, 0.1) is 0 Å². The smallest absolute Gasteiger partial charge is 0.229 e. The summed E-state index contributed by atoms with van der Waals surface area (Å²) in [6, 6.07) is 13.9. The predicted molar refractivity (Wildman–Crippen MR) is 76.5 cm³/mol. The second kappa shape index (κ2) is 5.18. The maximum absolute atomic E-state index is 8.98. The number of nitrogens with zero attached hydrogens (tertiary/aromatic N) is 1. The first-order valence-corrected chi connectivity index (χ1v) is 6.65. The molecule has 3 nitrogen and oxygen atoms in total. The molecule has 1 N–H and O–H groups in total. The lowest BCUT2D eigenvalue weighted by Crippen LogP contribution is -2.11. The SMILES string of the molecule is N#Cc1cc2c(oc1=N)C(=Cc1ccccc1)CCC2. The molecule has 0 atom stereocenters. The summed E-state index contributed by atoms with van der Waals surface area (Å²) in [5.74, 6) is 0.768. The van der Waals surface area contributed by atoms with Crippen molar-refractivity contribution < 1.29 is 4.42 Å². The molecule has 3 heteroatoms. The third-order valence-electron chi connectivity index (χ3n) is 3.50. The van der Waals surface area contributed by atoms with Gasteiger partial charge in [-0.15, -0.1) is 0 Å². The molecular weight excluding hydrogens is 248 g/mol. The van der Waals surface area contributed by atoms with Crippen LogP contribution in [0.4, 0.5) is 0 Å². The van der Waals surface area contributed by atoms with Crippen molar-refractivity contribution in [3.63, 3.8) is 0 Å². The molecule has 0 unspecified atom stereocenters. The highest BCUT2D eigenvalue weighted by Crippen LogP contribution is 2.31. The van der Waals surface area contributed by atoms with Gasteiger partial charge in [-0.2, -0.15) is 5.26 Å². The fourth-order valence-corrected chi connectivity index (χ4v) is 2.54. The molecule has 1 aliphatic rings. The van der Waals surface area contributed by atoms with Crippen LogP contribution in [0.15, 0.2) is 40.8 Å². The van der Waals surface area contributed by atoms with E-state index in [2.05, 4.69) is 6.08 Å². The third kappa shape index (κ3) is 2.28. The maximum Gasteiger partial charge on any atom is 0.229 e. The number of nitriles is 1. The topological polar surface area (TPSA) is 60.8 Å². The Balaban J connectivity index is 2.11. The van der Waals surface area contributed by atoms with Crippen LogP contribution in [-0.4, -0.2) is 0 Å². The average Bonchev–Trinajstić information content (AvgIpc) is 2.48. The molecule has 0 radical (unpaired) electrons. The maximum atomic E-state index is 8.98. The number of rotatable bonds is 1. The fraction of sp³-hybridized carbons (Fsp3) is 0.176. The minimum absolute atomic E-state index is 0.0490. The first-order valence-electron chi connectivity index (χ1n) is 6.65. The summed E-state index contributed by atoms with van der Waals surface area (Å²) in [7, 11) is 0. The van der Waals surface area contributed by atoms with E-state index in [0.29, 0.717) is 5.56 Å². The van der Waals surface area contributed by atoms with E-state index in [-0.39, 0.29) is 5.55 Å². The van der Waals surface area contributed by atoms with Crippen molar-refractivity contribution in [3.05, 3.63) is 64.4 Å². The van der Waals surface area contributed by atoms with Gasteiger partial charge in [0, 0.05) is 0 Å². The molecule has 0 saturated heterocycles. The zero-order chi connectivity index (χ0) is 13.9. The molecule has 2 aromatic rings. The molecule has 1 aromatic heterocycles. The first-order chi connectivity index (χ1) is 9.78. The zero-order valence-electron chi connectivity index (χ0n) is 11.0. The minimum atomic E-state index is -0.0490. The monoisotopic (exact) mass is 262 g/mol. The van der Waals surface area contributed by atoms with Crippen molar-refractivity contribution >= 4 is 11.6 Å². The summed E-state index contributed by atoms with van der Waals surface area (Å²) in [5.41, 5.74) is 3.53. The molecular formula is C17H14N2O. The van der Waals surface area contributed by atoms with E-state index in [1.807, 2.05) is 36.4 Å². The first kappa shape index (κ1) is 12.4. The molecule has 0 amide bonds. The van der Waals surface area contributed by atoms with Crippen LogP contribution >= 0.6 is 0 Å². The second-order valence-corrected chi connectivity index (χ2v) is 4.89. The van der Waals surface area contributed by atoms with Crippen LogP contribution in [0.25, 0.3) is 11.6 Å². The highest BCUT2D eigenvalue weighted by atomic mass is 16.3. The lowest BCUT2D eigenvalue weighted by molar-refractivity contribution is 0.457. The Hall–Kier alpha value is -2.60. The molecule has 0 spiro atoms. The molecule has 20 heavy (non-hydrogen) atoms. The average molecular weight is 262 g/mol. The zero-order valence-corrected chi connectivity index (χ0v) is 11.0. The summed E-state index contributed by atoms with van der Waals surface area (Å²) in [4.78, 5) is 0. The Morgan fingerprint density at radius 3 is 2.75 bits per heavy atom. The van der Waals surface area contributed by atoms with Gasteiger partial charge in [-0.1, -0.05) is 30.3 Å². The van der Waals surface area contributed by atoms with Crippen LogP contribution in [-0.2, 0) is 6.42 Å². The van der Waals surface area contributed by atoms with E-state index in [0.717, 1.165) is 41.7 Å². The van der Waals surface area contributed by atoms with Crippen molar-refractivity contribution in [2.75, 3.05) is 0 Å². The molecule has 3 rings (SSSR count). The van der Waals surface area contributed by atoms with E-state index < -0.39 is 0 Å². The fourth-order valence-electron chi connectivity index (χ4n) is 2.54. The van der Waals surface area contributed by atoms with Crippen LogP contribution in [0.2, 0.25) is 0 Å². The van der Waals surface area contributed by atoms with Crippen molar-refractivity contribution in [2.24, 2.45) is 0 Å². The van der Waals surface area contributed by atoms with E-state index in [4.69, 9.17) is 15.1 Å². The highest BCUT2D eigenvalue weighted by Gasteiger charge is 2.18. The molecule has 1 aliphatic carbocycles. The molecule has 1 heterocycles. The van der Waals surface area contributed by atoms with Crippen LogP contribution < -0.4 is 5.55 Å². The molecule has 1 aromatic carbocycles. The molecule has 0 bridgehead atoms. The Bertz CT molecular complexity index is 764. The Labute approximate surface area is 117 Å². The molecule has 0 saturated carbocycles. The number of hydrogen-bond donors (Lipinski definition) is 1. The van der Waals surface area contributed by atoms with E-state index in [1.165, 1.54) is 0 Å². The summed E-state index contributed by atoms with van der Waals surface area (Å²) in [5, 5.41) is 16.7. The van der Waals surface area contributed by atoms with Crippen LogP contribution in [0, 0.1) is 16.7 Å². The lowest BCUT2D eigenvalue weighted by Gasteiger charge is -2.17. The number of hydrogen-bond acceptors (Lipinski definition) is 3. The summed E-state index contributed by atoms with van der Waals surface area (Å²) in [6.45, 7) is 0. The Morgan fingerprint density at radius 1 is 1.20 bits per heavy atom. The summed E-state index contributed by atoms with van der Waals surface area (Å²) in [6.07, 6.45) is 4.99. The van der Waals surface area contributed by atoms with E-state index in [1.54, 1.807) is 6.07 Å². The Kier molecular flexibility index (Phi) is 3.22. The molecule has 0 fully saturated rings. The van der Waals surface area contributed by atoms with Gasteiger partial charge in [0.15, 0.2) is 0 Å². The van der Waals surface area contributed by atoms with Crippen LogP contribution in [0.1, 0.15) is 35.3 Å². The van der Waals surface area contributed by atoms with Gasteiger partial charge in [0.25, 0.3) is 0 Å². The van der Waals surface area contributed by atoms with Crippen molar-refractivity contribution in [1.82, 2.24) is 0 Å². The van der Waals surface area contributed by atoms with Gasteiger partial charge < -0.3 is 4.42 Å². The molecule has 98 valence electrons. The second-order valence-electron chi connectivity index (χ2n) is 4.89. The van der Waals surface area contributed by atoms with Gasteiger partial charge in [0.1, 0.15) is 17.4 Å². The van der Waals surface area contributed by atoms with Crippen molar-refractivity contribution in [3.8, 4) is 6.07 Å². The summed E-state index contributed by atoms with van der Waals surface area (Å²) < 4.78 is 5.58. The number of nitrogens with one attached hydrogen (secondary N) is 1.